The van der Waals surface area contributed by atoms with E-state index in [9.17, 15) is 0 Å². The highest BCUT2D eigenvalue weighted by Crippen LogP contribution is 2.27. The fraction of sp³-hybridized carbons (Fsp3) is 0.912. The van der Waals surface area contributed by atoms with Gasteiger partial charge in [0.25, 0.3) is 5.82 Å². The molecule has 0 spiro atoms. The highest BCUT2D eigenvalue weighted by atomic mass is 15.1. The summed E-state index contributed by atoms with van der Waals surface area (Å²) in [6.07, 6.45) is 39.8. The van der Waals surface area contributed by atoms with Gasteiger partial charge in [0.2, 0.25) is 0 Å². The van der Waals surface area contributed by atoms with E-state index in [2.05, 4.69) is 49.6 Å². The number of nitrogens with zero attached hydrogens (tertiary/aromatic N) is 1. The fourth-order valence-electron chi connectivity index (χ4n) is 5.90. The van der Waals surface area contributed by atoms with Crippen molar-refractivity contribution >= 4 is 0 Å². The first kappa shape index (κ1) is 33.2. The maximum Gasteiger partial charge on any atom is 0.257 e. The molecular formula is C34H67N2+. The number of unbranched alkanes of at least 4 members (excludes halogenated alkanes) is 19. The van der Waals surface area contributed by atoms with E-state index in [0.29, 0.717) is 12.0 Å². The van der Waals surface area contributed by atoms with Crippen LogP contribution in [0.3, 0.4) is 0 Å². The molecule has 0 radical (unpaired) electrons. The third-order valence-corrected chi connectivity index (χ3v) is 8.39. The topological polar surface area (TPSA) is 19.7 Å². The van der Waals surface area contributed by atoms with Gasteiger partial charge in [-0.2, -0.15) is 0 Å². The van der Waals surface area contributed by atoms with Crippen molar-refractivity contribution < 1.29 is 4.57 Å². The summed E-state index contributed by atoms with van der Waals surface area (Å²) in [5, 5.41) is 0. The van der Waals surface area contributed by atoms with Gasteiger partial charge in [-0.25, -0.2) is 9.55 Å². The molecule has 212 valence electrons. The Morgan fingerprint density at radius 3 is 1.36 bits per heavy atom. The van der Waals surface area contributed by atoms with Crippen LogP contribution in [0.1, 0.15) is 206 Å². The SMILES string of the molecule is CCCCCCCCCCCCCC(CCCCC)c1[nH]cc[n+]1C(C)CCCCCCCCCC. The molecule has 2 heteroatoms. The number of H-pyrrole nitrogens is 1. The van der Waals surface area contributed by atoms with E-state index in [-0.39, 0.29) is 0 Å². The molecular weight excluding hydrogens is 436 g/mol. The quantitative estimate of drug-likeness (QED) is 0.0909. The van der Waals surface area contributed by atoms with Crippen molar-refractivity contribution in [3.63, 3.8) is 0 Å². The third-order valence-electron chi connectivity index (χ3n) is 8.39. The minimum Gasteiger partial charge on any atom is -0.247 e. The minimum atomic E-state index is 0.623. The molecule has 1 rings (SSSR count). The molecule has 0 amide bonds. The maximum atomic E-state index is 3.70. The van der Waals surface area contributed by atoms with Crippen LogP contribution in [-0.4, -0.2) is 4.98 Å². The molecule has 36 heavy (non-hydrogen) atoms. The molecule has 2 nitrogen and oxygen atoms in total. The van der Waals surface area contributed by atoms with Crippen LogP contribution in [0.4, 0.5) is 0 Å². The summed E-state index contributed by atoms with van der Waals surface area (Å²) >= 11 is 0. The molecule has 0 aromatic carbocycles. The van der Waals surface area contributed by atoms with E-state index in [1.54, 1.807) is 0 Å². The number of aromatic amines is 1. The Kier molecular flexibility index (Phi) is 22.7. The first-order chi connectivity index (χ1) is 17.7. The van der Waals surface area contributed by atoms with Crippen LogP contribution < -0.4 is 4.57 Å². The molecule has 1 aromatic heterocycles. The van der Waals surface area contributed by atoms with Gasteiger partial charge in [-0.05, 0) is 32.6 Å². The fourth-order valence-corrected chi connectivity index (χ4v) is 5.90. The van der Waals surface area contributed by atoms with E-state index in [1.165, 1.54) is 166 Å². The zero-order valence-electron chi connectivity index (χ0n) is 25.4. The monoisotopic (exact) mass is 504 g/mol. The number of nitrogens with one attached hydrogen (secondary N) is 1. The second-order valence-corrected chi connectivity index (χ2v) is 11.9. The Bertz CT molecular complexity index is 563. The van der Waals surface area contributed by atoms with Gasteiger partial charge in [0.1, 0.15) is 12.4 Å². The summed E-state index contributed by atoms with van der Waals surface area (Å²) in [6.45, 7) is 9.40. The zero-order valence-corrected chi connectivity index (χ0v) is 25.4. The van der Waals surface area contributed by atoms with Gasteiger partial charge in [0, 0.05) is 0 Å². The highest BCUT2D eigenvalue weighted by Gasteiger charge is 2.25. The highest BCUT2D eigenvalue weighted by molar-refractivity contribution is 4.90. The summed E-state index contributed by atoms with van der Waals surface area (Å²) in [5.41, 5.74) is 0. The Morgan fingerprint density at radius 2 is 0.889 bits per heavy atom. The van der Waals surface area contributed by atoms with Crippen molar-refractivity contribution in [1.82, 2.24) is 4.98 Å². The number of hydrogen-bond donors (Lipinski definition) is 1. The van der Waals surface area contributed by atoms with E-state index in [0.717, 1.165) is 0 Å². The molecule has 2 atom stereocenters. The molecule has 1 aromatic rings. The van der Waals surface area contributed by atoms with Crippen LogP contribution in [0, 0.1) is 0 Å². The van der Waals surface area contributed by atoms with Crippen LogP contribution in [0.25, 0.3) is 0 Å². The zero-order chi connectivity index (χ0) is 26.1. The van der Waals surface area contributed by atoms with Crippen molar-refractivity contribution in [3.05, 3.63) is 18.2 Å². The molecule has 2 unspecified atom stereocenters. The minimum absolute atomic E-state index is 0.623. The van der Waals surface area contributed by atoms with Crippen LogP contribution in [0.5, 0.6) is 0 Å². The largest absolute Gasteiger partial charge is 0.257 e. The number of aromatic nitrogens is 2. The molecule has 0 aliphatic heterocycles. The van der Waals surface area contributed by atoms with Gasteiger partial charge in [0.05, 0.1) is 12.0 Å². The van der Waals surface area contributed by atoms with Crippen molar-refractivity contribution in [2.75, 3.05) is 0 Å². The molecule has 0 saturated carbocycles. The Morgan fingerprint density at radius 1 is 0.528 bits per heavy atom. The van der Waals surface area contributed by atoms with E-state index >= 15 is 0 Å². The van der Waals surface area contributed by atoms with Crippen LogP contribution >= 0.6 is 0 Å². The van der Waals surface area contributed by atoms with Gasteiger partial charge >= 0.3 is 0 Å². The van der Waals surface area contributed by atoms with Crippen molar-refractivity contribution in [3.8, 4) is 0 Å². The molecule has 0 aliphatic carbocycles. The summed E-state index contributed by atoms with van der Waals surface area (Å²) in [5.74, 6) is 2.23. The predicted octanol–water partition coefficient (Wildman–Crippen LogP) is 11.8. The van der Waals surface area contributed by atoms with Gasteiger partial charge < -0.3 is 0 Å². The molecule has 1 heterocycles. The van der Waals surface area contributed by atoms with Gasteiger partial charge in [-0.3, -0.25) is 0 Å². The smallest absolute Gasteiger partial charge is 0.247 e. The van der Waals surface area contributed by atoms with E-state index < -0.39 is 0 Å². The number of hydrogen-bond acceptors (Lipinski definition) is 0. The van der Waals surface area contributed by atoms with E-state index in [1.807, 2.05) is 0 Å². The maximum absolute atomic E-state index is 3.70. The average Bonchev–Trinajstić information content (AvgIpc) is 3.37. The van der Waals surface area contributed by atoms with Crippen molar-refractivity contribution in [1.29, 1.82) is 0 Å². The Balaban J connectivity index is 2.35. The summed E-state index contributed by atoms with van der Waals surface area (Å²) in [7, 11) is 0. The standard InChI is InChI=1S/C34H66N2/c1-5-8-11-13-15-17-18-19-21-23-26-29-33(28-24-10-7-3)34-35-30-31-36(34)32(4)27-25-22-20-16-14-12-9-6-2/h30-33H,5-29H2,1-4H3/p+1. The van der Waals surface area contributed by atoms with Gasteiger partial charge in [-0.1, -0.05) is 156 Å². The van der Waals surface area contributed by atoms with Crippen LogP contribution in [-0.2, 0) is 0 Å². The molecule has 1 N–H and O–H groups in total. The normalized spacial score (nSPS) is 13.3. The second-order valence-electron chi connectivity index (χ2n) is 11.9. The first-order valence-electron chi connectivity index (χ1n) is 16.8. The summed E-state index contributed by atoms with van der Waals surface area (Å²) in [6, 6.07) is 0.623. The lowest BCUT2D eigenvalue weighted by Crippen LogP contribution is -2.41. The van der Waals surface area contributed by atoms with Gasteiger partial charge in [-0.15, -0.1) is 0 Å². The Hall–Kier alpha value is -0.790. The molecule has 0 fully saturated rings. The molecule has 0 aliphatic rings. The lowest BCUT2D eigenvalue weighted by Gasteiger charge is -2.17. The average molecular weight is 504 g/mol. The Labute approximate surface area is 227 Å². The van der Waals surface area contributed by atoms with Gasteiger partial charge in [0.15, 0.2) is 0 Å². The van der Waals surface area contributed by atoms with Crippen LogP contribution in [0.15, 0.2) is 12.4 Å². The van der Waals surface area contributed by atoms with Crippen LogP contribution in [0.2, 0.25) is 0 Å². The first-order valence-corrected chi connectivity index (χ1v) is 16.8. The number of imidazole rings is 1. The second kappa shape index (κ2) is 24.5. The molecule has 0 saturated heterocycles. The van der Waals surface area contributed by atoms with Crippen molar-refractivity contribution in [2.24, 2.45) is 0 Å². The lowest BCUT2D eigenvalue weighted by atomic mass is 9.93. The molecule has 0 bridgehead atoms. The predicted molar refractivity (Wildman–Crippen MR) is 161 cm³/mol. The summed E-state index contributed by atoms with van der Waals surface area (Å²) in [4.78, 5) is 3.70. The lowest BCUT2D eigenvalue weighted by molar-refractivity contribution is -0.727. The van der Waals surface area contributed by atoms with Crippen molar-refractivity contribution in [2.45, 2.75) is 200 Å². The summed E-state index contributed by atoms with van der Waals surface area (Å²) < 4.78 is 2.61. The third kappa shape index (κ3) is 16.9. The number of rotatable bonds is 27. The van der Waals surface area contributed by atoms with E-state index in [4.69, 9.17) is 0 Å².